The number of hydrogen-bond acceptors (Lipinski definition) is 2. The molecule has 1 nitrogen and oxygen atoms in total. The van der Waals surface area contributed by atoms with Gasteiger partial charge in [0.05, 0.1) is 0 Å². The summed E-state index contributed by atoms with van der Waals surface area (Å²) in [6.07, 6.45) is 4.35. The summed E-state index contributed by atoms with van der Waals surface area (Å²) in [5, 5.41) is 0. The van der Waals surface area contributed by atoms with Gasteiger partial charge in [0.15, 0.2) is 5.78 Å². The van der Waals surface area contributed by atoms with Gasteiger partial charge in [0.1, 0.15) is 0 Å². The lowest BCUT2D eigenvalue weighted by atomic mass is 10.0. The fourth-order valence-corrected chi connectivity index (χ4v) is 3.39. The van der Waals surface area contributed by atoms with Crippen LogP contribution in [-0.2, 0) is 12.8 Å². The van der Waals surface area contributed by atoms with Crippen LogP contribution in [0.4, 0.5) is 0 Å². The molecule has 0 amide bonds. The largest absolute Gasteiger partial charge is 0.294 e. The number of carbonyl (C=O) groups is 1. The van der Waals surface area contributed by atoms with Gasteiger partial charge in [-0.3, -0.25) is 4.79 Å². The monoisotopic (exact) mass is 204 g/mol. The SMILES string of the molecule is O=C1CCSc2cc3c(cc21)CCC3. The van der Waals surface area contributed by atoms with Crippen molar-refractivity contribution in [2.75, 3.05) is 5.75 Å². The maximum absolute atomic E-state index is 11.7. The quantitative estimate of drug-likeness (QED) is 0.646. The highest BCUT2D eigenvalue weighted by atomic mass is 32.2. The van der Waals surface area contributed by atoms with E-state index in [9.17, 15) is 4.79 Å². The zero-order valence-electron chi connectivity index (χ0n) is 8.01. The summed E-state index contributed by atoms with van der Waals surface area (Å²) in [6.45, 7) is 0. The van der Waals surface area contributed by atoms with Crippen molar-refractivity contribution in [3.05, 3.63) is 28.8 Å². The van der Waals surface area contributed by atoms with Crippen molar-refractivity contribution >= 4 is 17.5 Å². The Bertz CT molecular complexity index is 409. The van der Waals surface area contributed by atoms with Gasteiger partial charge in [-0.1, -0.05) is 0 Å². The van der Waals surface area contributed by atoms with Crippen LogP contribution in [0.25, 0.3) is 0 Å². The zero-order chi connectivity index (χ0) is 9.54. The maximum Gasteiger partial charge on any atom is 0.164 e. The Labute approximate surface area is 87.9 Å². The van der Waals surface area contributed by atoms with E-state index in [-0.39, 0.29) is 0 Å². The molecule has 1 heterocycles. The lowest BCUT2D eigenvalue weighted by molar-refractivity contribution is 0.0984. The van der Waals surface area contributed by atoms with Crippen molar-refractivity contribution in [2.24, 2.45) is 0 Å². The highest BCUT2D eigenvalue weighted by Crippen LogP contribution is 2.35. The van der Waals surface area contributed by atoms with Crippen molar-refractivity contribution in [3.8, 4) is 0 Å². The lowest BCUT2D eigenvalue weighted by Gasteiger charge is -2.15. The standard InChI is InChI=1S/C12H12OS/c13-11-4-5-14-12-7-9-3-1-2-8(9)6-10(11)12/h6-7H,1-5H2. The first-order valence-corrected chi connectivity index (χ1v) is 6.15. The highest BCUT2D eigenvalue weighted by molar-refractivity contribution is 7.99. The normalized spacial score (nSPS) is 19.3. The van der Waals surface area contributed by atoms with E-state index in [1.807, 2.05) is 11.8 Å². The van der Waals surface area contributed by atoms with Crippen molar-refractivity contribution in [1.82, 2.24) is 0 Å². The van der Waals surface area contributed by atoms with Crippen LogP contribution in [0.15, 0.2) is 17.0 Å². The minimum atomic E-state index is 0.341. The summed E-state index contributed by atoms with van der Waals surface area (Å²) in [5.74, 6) is 1.30. The second kappa shape index (κ2) is 3.13. The smallest absolute Gasteiger partial charge is 0.164 e. The molecule has 0 N–H and O–H groups in total. The van der Waals surface area contributed by atoms with Crippen LogP contribution in [0.1, 0.15) is 34.3 Å². The van der Waals surface area contributed by atoms with Gasteiger partial charge in [-0.15, -0.1) is 11.8 Å². The Morgan fingerprint density at radius 1 is 1.07 bits per heavy atom. The number of ketones is 1. The van der Waals surface area contributed by atoms with Gasteiger partial charge in [0.2, 0.25) is 0 Å². The molecule has 0 aromatic heterocycles. The summed E-state index contributed by atoms with van der Waals surface area (Å²) < 4.78 is 0. The minimum Gasteiger partial charge on any atom is -0.294 e. The molecular weight excluding hydrogens is 192 g/mol. The molecule has 0 saturated carbocycles. The molecule has 2 heteroatoms. The van der Waals surface area contributed by atoms with E-state index in [1.54, 1.807) is 0 Å². The number of aryl methyl sites for hydroxylation is 2. The molecule has 0 radical (unpaired) electrons. The molecule has 1 aliphatic heterocycles. The first kappa shape index (κ1) is 8.54. The van der Waals surface area contributed by atoms with Crippen LogP contribution >= 0.6 is 11.8 Å². The molecule has 0 saturated heterocycles. The summed E-state index contributed by atoms with van der Waals surface area (Å²) in [5.41, 5.74) is 3.88. The molecule has 0 spiro atoms. The van der Waals surface area contributed by atoms with E-state index in [0.29, 0.717) is 5.78 Å². The lowest BCUT2D eigenvalue weighted by Crippen LogP contribution is -2.08. The molecular formula is C12H12OS. The van der Waals surface area contributed by atoms with Gasteiger partial charge < -0.3 is 0 Å². The van der Waals surface area contributed by atoms with Crippen molar-refractivity contribution in [3.63, 3.8) is 0 Å². The van der Waals surface area contributed by atoms with Crippen LogP contribution in [0.3, 0.4) is 0 Å². The third kappa shape index (κ3) is 1.21. The molecule has 0 fully saturated rings. The topological polar surface area (TPSA) is 17.1 Å². The van der Waals surface area contributed by atoms with E-state index >= 15 is 0 Å². The predicted octanol–water partition coefficient (Wildman–Crippen LogP) is 2.85. The fraction of sp³-hybridized carbons (Fsp3) is 0.417. The molecule has 3 rings (SSSR count). The maximum atomic E-state index is 11.7. The summed E-state index contributed by atoms with van der Waals surface area (Å²) in [7, 11) is 0. The summed E-state index contributed by atoms with van der Waals surface area (Å²) >= 11 is 1.84. The molecule has 0 bridgehead atoms. The molecule has 2 aliphatic rings. The first-order valence-electron chi connectivity index (χ1n) is 5.16. The van der Waals surface area contributed by atoms with Crippen LogP contribution in [0.2, 0.25) is 0 Å². The number of fused-ring (bicyclic) bond motifs is 2. The Balaban J connectivity index is 2.17. The van der Waals surface area contributed by atoms with E-state index < -0.39 is 0 Å². The molecule has 1 aromatic rings. The summed E-state index contributed by atoms with van der Waals surface area (Å²) in [4.78, 5) is 12.9. The molecule has 14 heavy (non-hydrogen) atoms. The van der Waals surface area contributed by atoms with Gasteiger partial charge in [0, 0.05) is 22.6 Å². The van der Waals surface area contributed by atoms with Gasteiger partial charge >= 0.3 is 0 Å². The highest BCUT2D eigenvalue weighted by Gasteiger charge is 2.21. The van der Waals surface area contributed by atoms with Gasteiger partial charge in [-0.05, 0) is 42.5 Å². The Hall–Kier alpha value is -0.760. The second-order valence-electron chi connectivity index (χ2n) is 3.99. The molecule has 1 aromatic carbocycles. The van der Waals surface area contributed by atoms with Gasteiger partial charge in [-0.2, -0.15) is 0 Å². The van der Waals surface area contributed by atoms with Crippen molar-refractivity contribution in [2.45, 2.75) is 30.6 Å². The molecule has 1 aliphatic carbocycles. The first-order chi connectivity index (χ1) is 6.84. The van der Waals surface area contributed by atoms with Crippen LogP contribution in [-0.4, -0.2) is 11.5 Å². The van der Waals surface area contributed by atoms with E-state index in [4.69, 9.17) is 0 Å². The van der Waals surface area contributed by atoms with Crippen LogP contribution < -0.4 is 0 Å². The minimum absolute atomic E-state index is 0.341. The van der Waals surface area contributed by atoms with Gasteiger partial charge in [-0.25, -0.2) is 0 Å². The van der Waals surface area contributed by atoms with Crippen molar-refractivity contribution < 1.29 is 4.79 Å². The van der Waals surface area contributed by atoms with Crippen molar-refractivity contribution in [1.29, 1.82) is 0 Å². The predicted molar refractivity (Wildman–Crippen MR) is 58.1 cm³/mol. The number of thioether (sulfide) groups is 1. The number of carbonyl (C=O) groups excluding carboxylic acids is 1. The third-order valence-electron chi connectivity index (χ3n) is 3.08. The Morgan fingerprint density at radius 3 is 2.71 bits per heavy atom. The fourth-order valence-electron chi connectivity index (χ4n) is 2.33. The number of rotatable bonds is 0. The number of benzene rings is 1. The van der Waals surface area contributed by atoms with E-state index in [1.165, 1.54) is 35.3 Å². The van der Waals surface area contributed by atoms with Crippen LogP contribution in [0.5, 0.6) is 0 Å². The Kier molecular flexibility index (Phi) is 1.91. The zero-order valence-corrected chi connectivity index (χ0v) is 8.82. The molecule has 0 atom stereocenters. The molecule has 0 unspecified atom stereocenters. The third-order valence-corrected chi connectivity index (χ3v) is 4.14. The van der Waals surface area contributed by atoms with E-state index in [2.05, 4.69) is 12.1 Å². The average Bonchev–Trinajstić information content (AvgIpc) is 2.62. The molecule has 72 valence electrons. The Morgan fingerprint density at radius 2 is 1.86 bits per heavy atom. The van der Waals surface area contributed by atoms with E-state index in [0.717, 1.165) is 17.7 Å². The average molecular weight is 204 g/mol. The summed E-state index contributed by atoms with van der Waals surface area (Å²) in [6, 6.07) is 4.39. The van der Waals surface area contributed by atoms with Crippen LogP contribution in [0, 0.1) is 0 Å². The number of Topliss-reactive ketones (excluding diaryl/α,β-unsaturated/α-hetero) is 1. The second-order valence-corrected chi connectivity index (χ2v) is 5.13. The number of hydrogen-bond donors (Lipinski definition) is 0. The van der Waals surface area contributed by atoms with Gasteiger partial charge in [0.25, 0.3) is 0 Å².